The molecule has 0 fully saturated rings. The van der Waals surface area contributed by atoms with E-state index in [-0.39, 0.29) is 31.6 Å². The molecule has 2 N–H and O–H groups in total. The van der Waals surface area contributed by atoms with Crippen LogP contribution >= 0.6 is 0 Å². The average molecular weight is 335 g/mol. The first-order chi connectivity index (χ1) is 11.5. The summed E-state index contributed by atoms with van der Waals surface area (Å²) in [6.07, 6.45) is 3.42. The molecule has 0 radical (unpaired) electrons. The van der Waals surface area contributed by atoms with Gasteiger partial charge in [-0.05, 0) is 25.5 Å². The summed E-state index contributed by atoms with van der Waals surface area (Å²) in [5, 5.41) is 9.53. The molecular weight excluding hydrogens is 314 g/mol. The third kappa shape index (κ3) is 4.02. The van der Waals surface area contributed by atoms with E-state index >= 15 is 0 Å². The predicted octanol–water partition coefficient (Wildman–Crippen LogP) is 0.238. The lowest BCUT2D eigenvalue weighted by Gasteiger charge is -2.29. The minimum atomic E-state index is -0.644. The van der Waals surface area contributed by atoms with E-state index in [2.05, 4.69) is 4.98 Å². The summed E-state index contributed by atoms with van der Waals surface area (Å²) in [6, 6.07) is 3.07. The Labute approximate surface area is 138 Å². The molecule has 2 heterocycles. The predicted molar refractivity (Wildman–Crippen MR) is 86.5 cm³/mol. The first-order valence-corrected chi connectivity index (χ1v) is 7.69. The Morgan fingerprint density at radius 2 is 2.21 bits per heavy atom. The Hall–Kier alpha value is -2.61. The van der Waals surface area contributed by atoms with E-state index < -0.39 is 11.2 Å². The molecule has 24 heavy (non-hydrogen) atoms. The number of rotatable bonds is 7. The van der Waals surface area contributed by atoms with Crippen LogP contribution in [0.25, 0.3) is 0 Å². The molecule has 0 aliphatic heterocycles. The van der Waals surface area contributed by atoms with E-state index in [1.165, 1.54) is 17.4 Å². The number of aliphatic hydroxyl groups is 1. The van der Waals surface area contributed by atoms with Crippen LogP contribution in [0, 0.1) is 6.92 Å². The molecule has 8 heteroatoms. The fourth-order valence-corrected chi connectivity index (χ4v) is 2.41. The molecule has 0 aromatic carbocycles. The van der Waals surface area contributed by atoms with Gasteiger partial charge in [0, 0.05) is 11.8 Å². The number of H-pyrrole nitrogens is 1. The second kappa shape index (κ2) is 7.78. The number of aromatic amines is 1. The van der Waals surface area contributed by atoms with Gasteiger partial charge < -0.3 is 14.4 Å². The number of carbonyl (C=O) groups excluding carboxylic acids is 1. The highest BCUT2D eigenvalue weighted by Crippen LogP contribution is 2.12. The van der Waals surface area contributed by atoms with Crippen molar-refractivity contribution in [2.24, 2.45) is 0 Å². The van der Waals surface area contributed by atoms with Crippen molar-refractivity contribution in [2.45, 2.75) is 39.4 Å². The standard InChI is InChI=1S/C16H21N3O5/c1-3-12(10-20)19(8-13-5-4-6-24-13)14(21)9-18-7-11(2)15(22)17-16(18)23/h4-7,12,20H,3,8-10H2,1-2H3,(H,17,22,23). The number of hydrogen-bond donors (Lipinski definition) is 2. The number of aliphatic hydroxyl groups excluding tert-OH is 1. The fraction of sp³-hybridized carbons (Fsp3) is 0.438. The average Bonchev–Trinajstić information content (AvgIpc) is 3.05. The SMILES string of the molecule is CCC(CO)N(Cc1ccco1)C(=O)Cn1cc(C)c(=O)[nH]c1=O. The van der Waals surface area contributed by atoms with Gasteiger partial charge in [0.15, 0.2) is 0 Å². The minimum absolute atomic E-state index is 0.192. The van der Waals surface area contributed by atoms with Gasteiger partial charge in [0.1, 0.15) is 12.3 Å². The maximum atomic E-state index is 12.7. The second-order valence-electron chi connectivity index (χ2n) is 5.54. The van der Waals surface area contributed by atoms with Crippen molar-refractivity contribution in [3.63, 3.8) is 0 Å². The largest absolute Gasteiger partial charge is 0.467 e. The van der Waals surface area contributed by atoms with E-state index in [4.69, 9.17) is 4.42 Å². The molecule has 1 unspecified atom stereocenters. The Bertz CT molecular complexity index is 787. The van der Waals surface area contributed by atoms with Gasteiger partial charge in [-0.2, -0.15) is 0 Å². The highest BCUT2D eigenvalue weighted by Gasteiger charge is 2.23. The summed E-state index contributed by atoms with van der Waals surface area (Å²) in [5.74, 6) is 0.237. The monoisotopic (exact) mass is 335 g/mol. The zero-order valence-corrected chi connectivity index (χ0v) is 13.7. The Kier molecular flexibility index (Phi) is 5.75. The van der Waals surface area contributed by atoms with Gasteiger partial charge in [-0.1, -0.05) is 6.92 Å². The van der Waals surface area contributed by atoms with Gasteiger partial charge in [0.05, 0.1) is 25.5 Å². The third-order valence-electron chi connectivity index (χ3n) is 3.84. The van der Waals surface area contributed by atoms with Crippen LogP contribution in [0.4, 0.5) is 0 Å². The van der Waals surface area contributed by atoms with Crippen LogP contribution in [0.2, 0.25) is 0 Å². The molecule has 1 amide bonds. The molecule has 0 saturated carbocycles. The van der Waals surface area contributed by atoms with Crippen molar-refractivity contribution in [1.82, 2.24) is 14.5 Å². The highest BCUT2D eigenvalue weighted by atomic mass is 16.3. The molecule has 8 nitrogen and oxygen atoms in total. The van der Waals surface area contributed by atoms with Crippen molar-refractivity contribution >= 4 is 5.91 Å². The molecule has 2 rings (SSSR count). The number of aromatic nitrogens is 2. The van der Waals surface area contributed by atoms with Crippen molar-refractivity contribution < 1.29 is 14.3 Å². The third-order valence-corrected chi connectivity index (χ3v) is 3.84. The van der Waals surface area contributed by atoms with Crippen LogP contribution < -0.4 is 11.2 Å². The van der Waals surface area contributed by atoms with E-state index in [9.17, 15) is 19.5 Å². The molecular formula is C16H21N3O5. The molecule has 2 aromatic rings. The molecule has 1 atom stereocenters. The number of nitrogens with zero attached hydrogens (tertiary/aromatic N) is 2. The molecule has 0 saturated heterocycles. The van der Waals surface area contributed by atoms with Crippen molar-refractivity contribution in [1.29, 1.82) is 0 Å². The summed E-state index contributed by atoms with van der Waals surface area (Å²) in [4.78, 5) is 39.6. The van der Waals surface area contributed by atoms with Crippen molar-refractivity contribution in [3.05, 3.63) is 56.8 Å². The summed E-state index contributed by atoms with van der Waals surface area (Å²) in [7, 11) is 0. The van der Waals surface area contributed by atoms with E-state index in [0.29, 0.717) is 17.7 Å². The molecule has 0 aliphatic rings. The van der Waals surface area contributed by atoms with Gasteiger partial charge in [-0.3, -0.25) is 19.1 Å². The number of nitrogens with one attached hydrogen (secondary N) is 1. The summed E-state index contributed by atoms with van der Waals surface area (Å²) >= 11 is 0. The molecule has 0 aliphatic carbocycles. The van der Waals surface area contributed by atoms with Crippen LogP contribution in [0.5, 0.6) is 0 Å². The van der Waals surface area contributed by atoms with E-state index in [1.807, 2.05) is 6.92 Å². The lowest BCUT2D eigenvalue weighted by Crippen LogP contribution is -2.45. The van der Waals surface area contributed by atoms with Crippen LogP contribution in [0.15, 0.2) is 38.6 Å². The molecule has 2 aromatic heterocycles. The quantitative estimate of drug-likeness (QED) is 0.753. The van der Waals surface area contributed by atoms with Gasteiger partial charge in [0.25, 0.3) is 5.56 Å². The van der Waals surface area contributed by atoms with Gasteiger partial charge >= 0.3 is 5.69 Å². The summed E-state index contributed by atoms with van der Waals surface area (Å²) < 4.78 is 6.42. The van der Waals surface area contributed by atoms with Crippen molar-refractivity contribution in [2.75, 3.05) is 6.61 Å². The number of aryl methyl sites for hydroxylation is 1. The maximum absolute atomic E-state index is 12.7. The lowest BCUT2D eigenvalue weighted by atomic mass is 10.2. The second-order valence-corrected chi connectivity index (χ2v) is 5.54. The van der Waals surface area contributed by atoms with Crippen LogP contribution in [-0.4, -0.2) is 38.1 Å². The van der Waals surface area contributed by atoms with E-state index in [0.717, 1.165) is 4.57 Å². The molecule has 0 bridgehead atoms. The van der Waals surface area contributed by atoms with E-state index in [1.54, 1.807) is 19.1 Å². The van der Waals surface area contributed by atoms with Gasteiger partial charge in [-0.25, -0.2) is 4.79 Å². The highest BCUT2D eigenvalue weighted by molar-refractivity contribution is 5.76. The number of carbonyl (C=O) groups is 1. The fourth-order valence-electron chi connectivity index (χ4n) is 2.41. The smallest absolute Gasteiger partial charge is 0.328 e. The zero-order valence-electron chi connectivity index (χ0n) is 13.7. The maximum Gasteiger partial charge on any atom is 0.328 e. The zero-order chi connectivity index (χ0) is 17.7. The van der Waals surface area contributed by atoms with Crippen molar-refractivity contribution in [3.8, 4) is 0 Å². The van der Waals surface area contributed by atoms with Crippen LogP contribution in [-0.2, 0) is 17.9 Å². The number of amides is 1. The van der Waals surface area contributed by atoms with Crippen LogP contribution in [0.1, 0.15) is 24.7 Å². The Balaban J connectivity index is 2.25. The molecule has 0 spiro atoms. The first kappa shape index (κ1) is 17.7. The Morgan fingerprint density at radius 1 is 1.46 bits per heavy atom. The Morgan fingerprint density at radius 3 is 2.79 bits per heavy atom. The first-order valence-electron chi connectivity index (χ1n) is 7.69. The molecule has 130 valence electrons. The lowest BCUT2D eigenvalue weighted by molar-refractivity contribution is -0.136. The minimum Gasteiger partial charge on any atom is -0.467 e. The number of hydrogen-bond acceptors (Lipinski definition) is 5. The van der Waals surface area contributed by atoms with Crippen LogP contribution in [0.3, 0.4) is 0 Å². The summed E-state index contributed by atoms with van der Waals surface area (Å²) in [5.41, 5.74) is -0.777. The number of furan rings is 1. The van der Waals surface area contributed by atoms with Gasteiger partial charge in [-0.15, -0.1) is 0 Å². The topological polar surface area (TPSA) is 109 Å². The normalized spacial score (nSPS) is 12.1. The van der Waals surface area contributed by atoms with Gasteiger partial charge in [0.2, 0.25) is 5.91 Å². The summed E-state index contributed by atoms with van der Waals surface area (Å²) in [6.45, 7) is 3.19.